The second-order valence-electron chi connectivity index (χ2n) is 4.27. The van der Waals surface area contributed by atoms with Crippen LogP contribution in [0, 0.1) is 15.9 Å². The van der Waals surface area contributed by atoms with Crippen molar-refractivity contribution >= 4 is 33.2 Å². The number of non-ortho nitro benzene ring substituents is 1. The first kappa shape index (κ1) is 15.1. The zero-order chi connectivity index (χ0) is 15.4. The Balaban J connectivity index is 2.02. The standard InChI is InChI=1S/C14H10BrFN2O3/c15-12-8-10(16)3-6-13(12)17-14(19)7-9-1-4-11(5-2-9)18(20)21/h1-6,8H,7H2,(H,17,19). The van der Waals surface area contributed by atoms with E-state index in [0.29, 0.717) is 15.7 Å². The van der Waals surface area contributed by atoms with E-state index in [-0.39, 0.29) is 18.0 Å². The van der Waals surface area contributed by atoms with Crippen LogP contribution in [0.3, 0.4) is 0 Å². The van der Waals surface area contributed by atoms with Crippen LogP contribution in [-0.4, -0.2) is 10.8 Å². The number of anilines is 1. The second-order valence-corrected chi connectivity index (χ2v) is 5.13. The molecule has 0 aliphatic carbocycles. The molecule has 0 aliphatic heterocycles. The van der Waals surface area contributed by atoms with Gasteiger partial charge in [-0.25, -0.2) is 4.39 Å². The van der Waals surface area contributed by atoms with Crippen molar-refractivity contribution in [1.82, 2.24) is 0 Å². The smallest absolute Gasteiger partial charge is 0.269 e. The molecule has 0 aliphatic rings. The number of nitro benzene ring substituents is 1. The van der Waals surface area contributed by atoms with E-state index in [1.54, 1.807) is 0 Å². The van der Waals surface area contributed by atoms with Gasteiger partial charge in [-0.3, -0.25) is 14.9 Å². The molecule has 0 fully saturated rings. The van der Waals surface area contributed by atoms with Gasteiger partial charge in [0.2, 0.25) is 5.91 Å². The van der Waals surface area contributed by atoms with Gasteiger partial charge in [0, 0.05) is 16.6 Å². The predicted molar refractivity (Wildman–Crippen MR) is 79.5 cm³/mol. The molecule has 0 radical (unpaired) electrons. The number of rotatable bonds is 4. The first-order chi connectivity index (χ1) is 9.95. The van der Waals surface area contributed by atoms with Gasteiger partial charge in [0.05, 0.1) is 17.0 Å². The summed E-state index contributed by atoms with van der Waals surface area (Å²) in [5, 5.41) is 13.2. The van der Waals surface area contributed by atoms with Crippen LogP contribution in [0.4, 0.5) is 15.8 Å². The van der Waals surface area contributed by atoms with Crippen LogP contribution in [0.1, 0.15) is 5.56 Å². The van der Waals surface area contributed by atoms with Crippen molar-refractivity contribution in [3.63, 3.8) is 0 Å². The van der Waals surface area contributed by atoms with Gasteiger partial charge in [-0.05, 0) is 39.7 Å². The van der Waals surface area contributed by atoms with Crippen molar-refractivity contribution in [2.45, 2.75) is 6.42 Å². The van der Waals surface area contributed by atoms with Crippen LogP contribution in [0.25, 0.3) is 0 Å². The molecule has 108 valence electrons. The van der Waals surface area contributed by atoms with Gasteiger partial charge in [-0.1, -0.05) is 12.1 Å². The number of hydrogen-bond donors (Lipinski definition) is 1. The first-order valence-corrected chi connectivity index (χ1v) is 6.73. The Hall–Kier alpha value is -2.28. The maximum Gasteiger partial charge on any atom is 0.269 e. The highest BCUT2D eigenvalue weighted by molar-refractivity contribution is 9.10. The Bertz CT molecular complexity index is 689. The van der Waals surface area contributed by atoms with E-state index < -0.39 is 10.7 Å². The summed E-state index contributed by atoms with van der Waals surface area (Å²) in [7, 11) is 0. The summed E-state index contributed by atoms with van der Waals surface area (Å²) in [6.07, 6.45) is 0.0712. The highest BCUT2D eigenvalue weighted by Gasteiger charge is 2.09. The molecule has 0 spiro atoms. The summed E-state index contributed by atoms with van der Waals surface area (Å²) in [6, 6.07) is 9.68. The van der Waals surface area contributed by atoms with E-state index in [0.717, 1.165) is 0 Å². The van der Waals surface area contributed by atoms with E-state index in [9.17, 15) is 19.3 Å². The van der Waals surface area contributed by atoms with Crippen LogP contribution >= 0.6 is 15.9 Å². The minimum absolute atomic E-state index is 0.0274. The van der Waals surface area contributed by atoms with E-state index in [4.69, 9.17) is 0 Å². The molecule has 0 bridgehead atoms. The molecule has 0 heterocycles. The summed E-state index contributed by atoms with van der Waals surface area (Å²) in [5.41, 5.74) is 1.08. The third-order valence-electron chi connectivity index (χ3n) is 2.72. The molecule has 0 saturated carbocycles. The van der Waals surface area contributed by atoms with Crippen molar-refractivity contribution in [2.75, 3.05) is 5.32 Å². The topological polar surface area (TPSA) is 72.2 Å². The zero-order valence-corrected chi connectivity index (χ0v) is 12.3. The Morgan fingerprint density at radius 1 is 1.24 bits per heavy atom. The average Bonchev–Trinajstić information content (AvgIpc) is 2.42. The fraction of sp³-hybridized carbons (Fsp3) is 0.0714. The number of amides is 1. The number of nitrogens with zero attached hydrogens (tertiary/aromatic N) is 1. The SMILES string of the molecule is O=C(Cc1ccc([N+](=O)[O-])cc1)Nc1ccc(F)cc1Br. The second kappa shape index (κ2) is 6.45. The van der Waals surface area contributed by atoms with Gasteiger partial charge in [-0.15, -0.1) is 0 Å². The van der Waals surface area contributed by atoms with Gasteiger partial charge in [0.1, 0.15) is 5.82 Å². The van der Waals surface area contributed by atoms with Crippen LogP contribution in [0.5, 0.6) is 0 Å². The molecular formula is C14H10BrFN2O3. The fourth-order valence-corrected chi connectivity index (χ4v) is 2.16. The highest BCUT2D eigenvalue weighted by Crippen LogP contribution is 2.23. The Morgan fingerprint density at radius 2 is 1.90 bits per heavy atom. The van der Waals surface area contributed by atoms with Gasteiger partial charge in [0.25, 0.3) is 5.69 Å². The van der Waals surface area contributed by atoms with Gasteiger partial charge >= 0.3 is 0 Å². The van der Waals surface area contributed by atoms with E-state index in [1.807, 2.05) is 0 Å². The lowest BCUT2D eigenvalue weighted by Gasteiger charge is -2.07. The fourth-order valence-electron chi connectivity index (χ4n) is 1.71. The molecule has 0 aromatic heterocycles. The predicted octanol–water partition coefficient (Wildman–Crippen LogP) is 3.68. The van der Waals surface area contributed by atoms with Crippen molar-refractivity contribution in [2.24, 2.45) is 0 Å². The maximum absolute atomic E-state index is 12.9. The number of benzene rings is 2. The molecule has 21 heavy (non-hydrogen) atoms. The summed E-state index contributed by atoms with van der Waals surface area (Å²) >= 11 is 3.16. The van der Waals surface area contributed by atoms with E-state index in [2.05, 4.69) is 21.2 Å². The molecule has 2 aromatic carbocycles. The summed E-state index contributed by atoms with van der Waals surface area (Å²) < 4.78 is 13.4. The van der Waals surface area contributed by atoms with E-state index >= 15 is 0 Å². The zero-order valence-electron chi connectivity index (χ0n) is 10.7. The minimum Gasteiger partial charge on any atom is -0.325 e. The summed E-state index contributed by atoms with van der Waals surface area (Å²) in [6.45, 7) is 0. The normalized spacial score (nSPS) is 10.2. The van der Waals surface area contributed by atoms with Crippen LogP contribution in [-0.2, 0) is 11.2 Å². The molecule has 0 atom stereocenters. The van der Waals surface area contributed by atoms with E-state index in [1.165, 1.54) is 42.5 Å². The maximum atomic E-state index is 12.9. The minimum atomic E-state index is -0.501. The number of nitrogens with one attached hydrogen (secondary N) is 1. The quantitative estimate of drug-likeness (QED) is 0.673. The molecule has 2 aromatic rings. The third kappa shape index (κ3) is 4.09. The number of carbonyl (C=O) groups excluding carboxylic acids is 1. The molecule has 1 N–H and O–H groups in total. The van der Waals surface area contributed by atoms with Gasteiger partial charge in [0.15, 0.2) is 0 Å². The molecule has 5 nitrogen and oxygen atoms in total. The molecule has 7 heteroatoms. The van der Waals surface area contributed by atoms with Crippen LogP contribution in [0.2, 0.25) is 0 Å². The number of hydrogen-bond acceptors (Lipinski definition) is 3. The Morgan fingerprint density at radius 3 is 2.48 bits per heavy atom. The third-order valence-corrected chi connectivity index (χ3v) is 3.37. The highest BCUT2D eigenvalue weighted by atomic mass is 79.9. The Kier molecular flexibility index (Phi) is 4.64. The molecule has 2 rings (SSSR count). The number of halogens is 2. The lowest BCUT2D eigenvalue weighted by atomic mass is 10.1. The molecule has 1 amide bonds. The van der Waals surface area contributed by atoms with Crippen LogP contribution in [0.15, 0.2) is 46.9 Å². The largest absolute Gasteiger partial charge is 0.325 e. The van der Waals surface area contributed by atoms with Gasteiger partial charge in [-0.2, -0.15) is 0 Å². The summed E-state index contributed by atoms with van der Waals surface area (Å²) in [5.74, 6) is -0.702. The monoisotopic (exact) mass is 352 g/mol. The molecular weight excluding hydrogens is 343 g/mol. The Labute approximate surface area is 128 Å². The lowest BCUT2D eigenvalue weighted by Crippen LogP contribution is -2.14. The van der Waals surface area contributed by atoms with Crippen molar-refractivity contribution in [1.29, 1.82) is 0 Å². The first-order valence-electron chi connectivity index (χ1n) is 5.94. The van der Waals surface area contributed by atoms with Gasteiger partial charge < -0.3 is 5.32 Å². The number of carbonyl (C=O) groups is 1. The average molecular weight is 353 g/mol. The molecule has 0 unspecified atom stereocenters. The molecule has 0 saturated heterocycles. The summed E-state index contributed by atoms with van der Waals surface area (Å²) in [4.78, 5) is 21.9. The van der Waals surface area contributed by atoms with Crippen molar-refractivity contribution < 1.29 is 14.1 Å². The number of nitro groups is 1. The lowest BCUT2D eigenvalue weighted by molar-refractivity contribution is -0.384. The van der Waals surface area contributed by atoms with Crippen LogP contribution < -0.4 is 5.32 Å². The van der Waals surface area contributed by atoms with Crippen molar-refractivity contribution in [3.05, 3.63) is 68.4 Å². The van der Waals surface area contributed by atoms with Crippen molar-refractivity contribution in [3.8, 4) is 0 Å².